The molecule has 1 fully saturated rings. The lowest BCUT2D eigenvalue weighted by atomic mass is 10.1. The lowest BCUT2D eigenvalue weighted by molar-refractivity contribution is -0.159. The summed E-state index contributed by atoms with van der Waals surface area (Å²) in [5.41, 5.74) is 2.61. The largest absolute Gasteiger partial charge is 0.473 e. The first kappa shape index (κ1) is 24.6. The number of esters is 1. The predicted molar refractivity (Wildman–Crippen MR) is 125 cm³/mol. The average molecular weight is 473 g/mol. The molecule has 2 aliphatic heterocycles. The topological polar surface area (TPSA) is 107 Å². The van der Waals surface area contributed by atoms with Crippen molar-refractivity contribution in [1.29, 1.82) is 0 Å². The van der Waals surface area contributed by atoms with Crippen LogP contribution >= 0.6 is 11.8 Å². The number of ether oxygens (including phenoxy) is 1. The zero-order valence-electron chi connectivity index (χ0n) is 18.5. The Bertz CT molecular complexity index is 941. The minimum absolute atomic E-state index is 0.0593. The minimum Gasteiger partial charge on any atom is -0.473 e. The van der Waals surface area contributed by atoms with Gasteiger partial charge in [0, 0.05) is 29.8 Å². The smallest absolute Gasteiger partial charge is 0.414 e. The number of carbonyl (C=O) groups excluding carboxylic acids is 1. The molecule has 9 heteroatoms. The van der Waals surface area contributed by atoms with Gasteiger partial charge in [-0.15, -0.1) is 0 Å². The van der Waals surface area contributed by atoms with Crippen LogP contribution in [0, 0.1) is 0 Å². The fourth-order valence-electron chi connectivity index (χ4n) is 4.02. The van der Waals surface area contributed by atoms with Crippen molar-refractivity contribution in [2.24, 2.45) is 0 Å². The summed E-state index contributed by atoms with van der Waals surface area (Å²) in [6, 6.07) is 17.3. The number of nitrogens with zero attached hydrogens (tertiary/aromatic N) is 2. The van der Waals surface area contributed by atoms with Crippen LogP contribution in [0.3, 0.4) is 0 Å². The van der Waals surface area contributed by atoms with Crippen molar-refractivity contribution < 1.29 is 29.3 Å². The summed E-state index contributed by atoms with van der Waals surface area (Å²) in [6.07, 6.45) is 3.23. The Kier molecular flexibility index (Phi) is 8.73. The van der Waals surface area contributed by atoms with E-state index in [1.165, 1.54) is 28.1 Å². The fourth-order valence-corrected chi connectivity index (χ4v) is 5.12. The van der Waals surface area contributed by atoms with Crippen molar-refractivity contribution in [2.45, 2.75) is 42.1 Å². The molecular formula is C24H28N2O6S. The Balaban J connectivity index is 0.000000454. The van der Waals surface area contributed by atoms with E-state index in [-0.39, 0.29) is 12.1 Å². The molecule has 0 bridgehead atoms. The molecule has 0 saturated carbocycles. The highest BCUT2D eigenvalue weighted by Gasteiger charge is 2.24. The number of hydrogen-bond donors (Lipinski definition) is 2. The van der Waals surface area contributed by atoms with Crippen molar-refractivity contribution >= 4 is 41.0 Å². The first-order valence-electron chi connectivity index (χ1n) is 10.8. The first-order valence-corrected chi connectivity index (χ1v) is 11.7. The Hall–Kier alpha value is -3.04. The maximum absolute atomic E-state index is 11.2. The molecule has 0 spiro atoms. The molecule has 1 saturated heterocycles. The molecular weight excluding hydrogens is 444 g/mol. The van der Waals surface area contributed by atoms with Crippen LogP contribution < -0.4 is 4.90 Å². The third-order valence-corrected chi connectivity index (χ3v) is 6.50. The first-order chi connectivity index (χ1) is 15.8. The van der Waals surface area contributed by atoms with E-state index in [0.717, 1.165) is 45.4 Å². The summed E-state index contributed by atoms with van der Waals surface area (Å²) in [7, 11) is 0. The molecule has 2 aliphatic rings. The summed E-state index contributed by atoms with van der Waals surface area (Å²) in [5.74, 6) is -3.81. The van der Waals surface area contributed by atoms with Crippen LogP contribution in [0.4, 0.5) is 11.4 Å². The number of carboxylic acid groups (broad SMARTS) is 2. The molecule has 0 amide bonds. The minimum atomic E-state index is -1.82. The highest BCUT2D eigenvalue weighted by atomic mass is 32.2. The number of piperidine rings is 1. The van der Waals surface area contributed by atoms with E-state index >= 15 is 0 Å². The number of benzene rings is 2. The van der Waals surface area contributed by atoms with Crippen LogP contribution in [0.2, 0.25) is 0 Å². The fraction of sp³-hybridized carbons (Fsp3) is 0.375. The second-order valence-corrected chi connectivity index (χ2v) is 8.91. The number of para-hydroxylation sites is 2. The van der Waals surface area contributed by atoms with Gasteiger partial charge in [0.05, 0.1) is 11.4 Å². The molecule has 2 aromatic carbocycles. The standard InChI is InChI=1S/C22H26N2O2S.C2H2O4/c1-17(25)26-18-8-6-13-23(16-18)14-7-15-24-19-9-2-4-11-21(19)27-22-12-5-3-10-20(22)24;3-1(4)2(5)6/h2-5,9-12,18H,6-8,13-16H2,1H3;(H,3,4)(H,5,6). The van der Waals surface area contributed by atoms with Crippen LogP contribution in [0.15, 0.2) is 58.3 Å². The van der Waals surface area contributed by atoms with E-state index in [4.69, 9.17) is 24.5 Å². The lowest BCUT2D eigenvalue weighted by Crippen LogP contribution is -2.41. The van der Waals surface area contributed by atoms with Crippen molar-refractivity contribution in [3.8, 4) is 0 Å². The maximum atomic E-state index is 11.2. The number of hydrogen-bond acceptors (Lipinski definition) is 7. The van der Waals surface area contributed by atoms with Crippen molar-refractivity contribution in [3.05, 3.63) is 48.5 Å². The van der Waals surface area contributed by atoms with Gasteiger partial charge in [0.2, 0.25) is 0 Å². The van der Waals surface area contributed by atoms with Gasteiger partial charge in [-0.05, 0) is 56.6 Å². The number of anilines is 2. The van der Waals surface area contributed by atoms with Crippen molar-refractivity contribution in [1.82, 2.24) is 4.90 Å². The summed E-state index contributed by atoms with van der Waals surface area (Å²) < 4.78 is 5.42. The van der Waals surface area contributed by atoms with Gasteiger partial charge in [-0.2, -0.15) is 0 Å². The average Bonchev–Trinajstić information content (AvgIpc) is 2.79. The molecule has 0 aromatic heterocycles. The zero-order chi connectivity index (χ0) is 23.8. The van der Waals surface area contributed by atoms with Crippen molar-refractivity contribution in [3.63, 3.8) is 0 Å². The molecule has 0 aliphatic carbocycles. The van der Waals surface area contributed by atoms with Gasteiger partial charge in [-0.3, -0.25) is 9.69 Å². The lowest BCUT2D eigenvalue weighted by Gasteiger charge is -2.35. The third kappa shape index (κ3) is 6.97. The molecule has 1 atom stereocenters. The second-order valence-electron chi connectivity index (χ2n) is 7.83. The highest BCUT2D eigenvalue weighted by molar-refractivity contribution is 7.99. The van der Waals surface area contributed by atoms with Crippen LogP contribution in [-0.4, -0.2) is 65.3 Å². The molecule has 176 valence electrons. The monoisotopic (exact) mass is 472 g/mol. The Morgan fingerprint density at radius 2 is 1.55 bits per heavy atom. The number of likely N-dealkylation sites (tertiary alicyclic amines) is 1. The van der Waals surface area contributed by atoms with E-state index in [9.17, 15) is 4.79 Å². The Labute approximate surface area is 197 Å². The maximum Gasteiger partial charge on any atom is 0.414 e. The summed E-state index contributed by atoms with van der Waals surface area (Å²) in [4.78, 5) is 37.0. The molecule has 8 nitrogen and oxygen atoms in total. The number of rotatable bonds is 5. The molecule has 0 radical (unpaired) electrons. The summed E-state index contributed by atoms with van der Waals surface area (Å²) in [6.45, 7) is 5.49. The third-order valence-electron chi connectivity index (χ3n) is 5.37. The van der Waals surface area contributed by atoms with Crippen LogP contribution in [0.25, 0.3) is 0 Å². The molecule has 4 rings (SSSR count). The van der Waals surface area contributed by atoms with E-state index in [2.05, 4.69) is 58.3 Å². The number of aliphatic carboxylic acids is 2. The predicted octanol–water partition coefficient (Wildman–Crippen LogP) is 3.86. The zero-order valence-corrected chi connectivity index (χ0v) is 19.3. The second kappa shape index (κ2) is 11.7. The van der Waals surface area contributed by atoms with Gasteiger partial charge < -0.3 is 19.8 Å². The molecule has 2 aromatic rings. The quantitative estimate of drug-likeness (QED) is 0.495. The van der Waals surface area contributed by atoms with E-state index in [1.807, 2.05) is 11.8 Å². The SMILES string of the molecule is CC(=O)OC1CCCN(CCCN2c3ccccc3Sc3ccccc32)C1.O=C(O)C(=O)O. The van der Waals surface area contributed by atoms with Gasteiger partial charge in [-0.1, -0.05) is 36.0 Å². The van der Waals surface area contributed by atoms with Crippen LogP contribution in [-0.2, 0) is 19.1 Å². The summed E-state index contributed by atoms with van der Waals surface area (Å²) >= 11 is 1.85. The Morgan fingerprint density at radius 1 is 0.970 bits per heavy atom. The van der Waals surface area contributed by atoms with E-state index in [1.54, 1.807) is 0 Å². The van der Waals surface area contributed by atoms with Gasteiger partial charge in [0.1, 0.15) is 6.10 Å². The van der Waals surface area contributed by atoms with E-state index < -0.39 is 11.9 Å². The summed E-state index contributed by atoms with van der Waals surface area (Å²) in [5, 5.41) is 14.8. The van der Waals surface area contributed by atoms with Crippen molar-refractivity contribution in [2.75, 3.05) is 31.1 Å². The molecule has 1 unspecified atom stereocenters. The van der Waals surface area contributed by atoms with Gasteiger partial charge in [0.15, 0.2) is 0 Å². The van der Waals surface area contributed by atoms with E-state index in [0.29, 0.717) is 0 Å². The van der Waals surface area contributed by atoms with Crippen LogP contribution in [0.1, 0.15) is 26.2 Å². The number of carbonyl (C=O) groups is 3. The number of carboxylic acids is 2. The van der Waals surface area contributed by atoms with Gasteiger partial charge in [-0.25, -0.2) is 9.59 Å². The van der Waals surface area contributed by atoms with Gasteiger partial charge >= 0.3 is 17.9 Å². The highest BCUT2D eigenvalue weighted by Crippen LogP contribution is 2.47. The van der Waals surface area contributed by atoms with Gasteiger partial charge in [0.25, 0.3) is 0 Å². The normalized spacial score (nSPS) is 17.1. The molecule has 33 heavy (non-hydrogen) atoms. The van der Waals surface area contributed by atoms with Crippen LogP contribution in [0.5, 0.6) is 0 Å². The molecule has 2 N–H and O–H groups in total. The number of fused-ring (bicyclic) bond motifs is 2. The Morgan fingerprint density at radius 3 is 2.09 bits per heavy atom. The molecule has 2 heterocycles.